The topological polar surface area (TPSA) is 67.9 Å². The van der Waals surface area contributed by atoms with Crippen LogP contribution in [0.25, 0.3) is 0 Å². The number of nitrogens with one attached hydrogen (secondary N) is 1. The van der Waals surface area contributed by atoms with Gasteiger partial charge in [0.1, 0.15) is 0 Å². The Morgan fingerprint density at radius 3 is 2.50 bits per heavy atom. The van der Waals surface area contributed by atoms with Crippen molar-refractivity contribution in [2.45, 2.75) is 37.6 Å². The molecular formula is C16H27ClN2O4S. The van der Waals surface area contributed by atoms with Crippen LogP contribution in [-0.2, 0) is 10.0 Å². The van der Waals surface area contributed by atoms with Gasteiger partial charge in [0.15, 0.2) is 11.5 Å². The summed E-state index contributed by atoms with van der Waals surface area (Å²) in [5.41, 5.74) is 0. The highest BCUT2D eigenvalue weighted by Gasteiger charge is 2.35. The van der Waals surface area contributed by atoms with Gasteiger partial charge in [0, 0.05) is 25.2 Å². The number of sulfonamides is 1. The van der Waals surface area contributed by atoms with Crippen LogP contribution < -0.4 is 14.8 Å². The molecule has 1 unspecified atom stereocenters. The third-order valence-electron chi connectivity index (χ3n) is 3.88. The van der Waals surface area contributed by atoms with E-state index in [9.17, 15) is 8.42 Å². The Hall–Kier alpha value is -1.02. The molecule has 1 aliphatic rings. The molecule has 8 heteroatoms. The SMILES string of the molecule is CCOc1ccc(S(=O)(=O)N2CCCC2CNC)cc1OCC.Cl. The predicted octanol–water partition coefficient (Wildman–Crippen LogP) is 2.28. The third-order valence-corrected chi connectivity index (χ3v) is 5.83. The van der Waals surface area contributed by atoms with E-state index in [-0.39, 0.29) is 23.3 Å². The molecule has 1 N–H and O–H groups in total. The summed E-state index contributed by atoms with van der Waals surface area (Å²) in [6, 6.07) is 4.84. The predicted molar refractivity (Wildman–Crippen MR) is 96.9 cm³/mol. The van der Waals surface area contributed by atoms with Crippen LogP contribution in [0, 0.1) is 0 Å². The van der Waals surface area contributed by atoms with Crippen LogP contribution in [0.4, 0.5) is 0 Å². The van der Waals surface area contributed by atoms with Gasteiger partial charge in [-0.2, -0.15) is 4.31 Å². The quantitative estimate of drug-likeness (QED) is 0.751. The molecular weight excluding hydrogens is 352 g/mol. The van der Waals surface area contributed by atoms with Gasteiger partial charge in [-0.05, 0) is 45.9 Å². The molecule has 1 aliphatic heterocycles. The maximum absolute atomic E-state index is 12.9. The first-order valence-electron chi connectivity index (χ1n) is 8.10. The molecule has 24 heavy (non-hydrogen) atoms. The van der Waals surface area contributed by atoms with Crippen LogP contribution in [0.15, 0.2) is 23.1 Å². The molecule has 2 rings (SSSR count). The van der Waals surface area contributed by atoms with Gasteiger partial charge < -0.3 is 14.8 Å². The Labute approximate surface area is 151 Å². The highest BCUT2D eigenvalue weighted by atomic mass is 35.5. The summed E-state index contributed by atoms with van der Waals surface area (Å²) < 4.78 is 38.5. The van der Waals surface area contributed by atoms with Crippen molar-refractivity contribution in [2.75, 3.05) is 33.4 Å². The molecule has 0 bridgehead atoms. The lowest BCUT2D eigenvalue weighted by Crippen LogP contribution is -2.40. The number of nitrogens with zero attached hydrogens (tertiary/aromatic N) is 1. The van der Waals surface area contributed by atoms with E-state index in [0.29, 0.717) is 37.8 Å². The van der Waals surface area contributed by atoms with E-state index in [2.05, 4.69) is 5.32 Å². The zero-order chi connectivity index (χ0) is 16.9. The van der Waals surface area contributed by atoms with Crippen LogP contribution in [0.3, 0.4) is 0 Å². The summed E-state index contributed by atoms with van der Waals surface area (Å²) in [4.78, 5) is 0.257. The fourth-order valence-electron chi connectivity index (χ4n) is 2.89. The molecule has 0 spiro atoms. The van der Waals surface area contributed by atoms with Crippen molar-refractivity contribution in [3.05, 3.63) is 18.2 Å². The van der Waals surface area contributed by atoms with Gasteiger partial charge >= 0.3 is 0 Å². The number of hydrogen-bond donors (Lipinski definition) is 1. The zero-order valence-electron chi connectivity index (χ0n) is 14.4. The van der Waals surface area contributed by atoms with Gasteiger partial charge in [0.2, 0.25) is 10.0 Å². The van der Waals surface area contributed by atoms with E-state index in [4.69, 9.17) is 9.47 Å². The maximum Gasteiger partial charge on any atom is 0.243 e. The summed E-state index contributed by atoms with van der Waals surface area (Å²) in [7, 11) is -1.68. The average molecular weight is 379 g/mol. The molecule has 138 valence electrons. The Morgan fingerprint density at radius 2 is 1.88 bits per heavy atom. The normalized spacial score (nSPS) is 18.2. The smallest absolute Gasteiger partial charge is 0.243 e. The van der Waals surface area contributed by atoms with Crippen molar-refractivity contribution in [1.29, 1.82) is 0 Å². The highest BCUT2D eigenvalue weighted by molar-refractivity contribution is 7.89. The number of halogens is 1. The minimum atomic E-state index is -3.52. The summed E-state index contributed by atoms with van der Waals surface area (Å²) >= 11 is 0. The largest absolute Gasteiger partial charge is 0.490 e. The molecule has 1 atom stereocenters. The lowest BCUT2D eigenvalue weighted by Gasteiger charge is -2.24. The van der Waals surface area contributed by atoms with E-state index in [1.54, 1.807) is 22.5 Å². The van der Waals surface area contributed by atoms with Crippen LogP contribution >= 0.6 is 12.4 Å². The number of hydrogen-bond acceptors (Lipinski definition) is 5. The van der Waals surface area contributed by atoms with Crippen molar-refractivity contribution in [2.24, 2.45) is 0 Å². The lowest BCUT2D eigenvalue weighted by atomic mass is 10.2. The third kappa shape index (κ3) is 4.53. The van der Waals surface area contributed by atoms with E-state index >= 15 is 0 Å². The van der Waals surface area contributed by atoms with Crippen LogP contribution in [0.5, 0.6) is 11.5 Å². The van der Waals surface area contributed by atoms with Crippen molar-refractivity contribution in [3.8, 4) is 11.5 Å². The van der Waals surface area contributed by atoms with Crippen LogP contribution in [-0.4, -0.2) is 52.1 Å². The lowest BCUT2D eigenvalue weighted by molar-refractivity contribution is 0.286. The first-order chi connectivity index (χ1) is 11.0. The van der Waals surface area contributed by atoms with E-state index < -0.39 is 10.0 Å². The van der Waals surface area contributed by atoms with Gasteiger partial charge in [-0.3, -0.25) is 0 Å². The Morgan fingerprint density at radius 1 is 1.21 bits per heavy atom. The summed E-state index contributed by atoms with van der Waals surface area (Å²) in [6.45, 7) is 5.92. The molecule has 0 saturated carbocycles. The monoisotopic (exact) mass is 378 g/mol. The molecule has 1 heterocycles. The molecule has 6 nitrogen and oxygen atoms in total. The van der Waals surface area contributed by atoms with Gasteiger partial charge in [-0.15, -0.1) is 12.4 Å². The second-order valence-electron chi connectivity index (χ2n) is 5.44. The minimum absolute atomic E-state index is 0. The Balaban J connectivity index is 0.00000288. The van der Waals surface area contributed by atoms with Gasteiger partial charge in [0.25, 0.3) is 0 Å². The maximum atomic E-state index is 12.9. The average Bonchev–Trinajstić information content (AvgIpc) is 2.99. The number of likely N-dealkylation sites (N-methyl/N-ethyl adjacent to an activating group) is 1. The summed E-state index contributed by atoms with van der Waals surface area (Å²) in [5, 5.41) is 3.07. The van der Waals surface area contributed by atoms with Crippen molar-refractivity contribution in [1.82, 2.24) is 9.62 Å². The molecule has 1 aromatic rings. The Bertz CT molecular complexity index is 625. The van der Waals surface area contributed by atoms with E-state index in [1.807, 2.05) is 20.9 Å². The molecule has 0 aromatic heterocycles. The molecule has 0 amide bonds. The van der Waals surface area contributed by atoms with Gasteiger partial charge in [-0.25, -0.2) is 8.42 Å². The summed E-state index contributed by atoms with van der Waals surface area (Å²) in [6.07, 6.45) is 1.77. The van der Waals surface area contributed by atoms with Gasteiger partial charge in [0.05, 0.1) is 18.1 Å². The van der Waals surface area contributed by atoms with Crippen molar-refractivity contribution in [3.63, 3.8) is 0 Å². The molecule has 1 fully saturated rings. The Kier molecular flexibility index (Phi) is 8.29. The van der Waals surface area contributed by atoms with Crippen molar-refractivity contribution < 1.29 is 17.9 Å². The number of benzene rings is 1. The molecule has 0 aliphatic carbocycles. The standard InChI is InChI=1S/C16H26N2O4S.ClH/c1-4-21-15-9-8-14(11-16(15)22-5-2)23(19,20)18-10-6-7-13(18)12-17-3;/h8-9,11,13,17H,4-7,10,12H2,1-3H3;1H. The fourth-order valence-corrected chi connectivity index (χ4v) is 4.60. The number of rotatable bonds is 8. The second kappa shape index (κ2) is 9.46. The minimum Gasteiger partial charge on any atom is -0.490 e. The molecule has 1 saturated heterocycles. The second-order valence-corrected chi connectivity index (χ2v) is 7.33. The molecule has 1 aromatic carbocycles. The van der Waals surface area contributed by atoms with E-state index in [0.717, 1.165) is 12.8 Å². The van der Waals surface area contributed by atoms with Gasteiger partial charge in [-0.1, -0.05) is 0 Å². The first-order valence-corrected chi connectivity index (χ1v) is 9.54. The fraction of sp³-hybridized carbons (Fsp3) is 0.625. The van der Waals surface area contributed by atoms with Crippen LogP contribution in [0.1, 0.15) is 26.7 Å². The van der Waals surface area contributed by atoms with E-state index in [1.165, 1.54) is 0 Å². The first kappa shape index (κ1) is 21.0. The zero-order valence-corrected chi connectivity index (χ0v) is 16.1. The van der Waals surface area contributed by atoms with Crippen molar-refractivity contribution >= 4 is 22.4 Å². The number of ether oxygens (including phenoxy) is 2. The molecule has 0 radical (unpaired) electrons. The summed E-state index contributed by atoms with van der Waals surface area (Å²) in [5.74, 6) is 1.04. The highest BCUT2D eigenvalue weighted by Crippen LogP contribution is 2.33. The van der Waals surface area contributed by atoms with Crippen LogP contribution in [0.2, 0.25) is 0 Å².